The summed E-state index contributed by atoms with van der Waals surface area (Å²) in [5.41, 5.74) is 10.0. The van der Waals surface area contributed by atoms with E-state index in [0.717, 1.165) is 29.6 Å². The van der Waals surface area contributed by atoms with Gasteiger partial charge in [-0.3, -0.25) is 19.3 Å². The van der Waals surface area contributed by atoms with E-state index in [9.17, 15) is 0 Å². The molecule has 4 rings (SSSR count). The van der Waals surface area contributed by atoms with Gasteiger partial charge in [-0.15, -0.1) is 0 Å². The van der Waals surface area contributed by atoms with Gasteiger partial charge in [0.25, 0.3) is 0 Å². The molecule has 1 N–H and O–H groups in total. The first-order chi connectivity index (χ1) is 18.0. The molecule has 0 unspecified atom stereocenters. The summed E-state index contributed by atoms with van der Waals surface area (Å²) in [5.74, 6) is 0. The van der Waals surface area contributed by atoms with Crippen LogP contribution in [0.15, 0.2) is 49.1 Å². The van der Waals surface area contributed by atoms with Gasteiger partial charge in [0, 0.05) is 47.8 Å². The number of aromatic nitrogens is 4. The smallest absolute Gasteiger partial charge is 1.00 e. The van der Waals surface area contributed by atoms with Crippen molar-refractivity contribution in [2.45, 2.75) is 97.9 Å². The van der Waals surface area contributed by atoms with E-state index in [2.05, 4.69) is 101 Å². The van der Waals surface area contributed by atoms with Crippen LogP contribution in [0, 0.1) is 13.8 Å². The summed E-state index contributed by atoms with van der Waals surface area (Å²) < 4.78 is 4.14. The van der Waals surface area contributed by atoms with Crippen molar-refractivity contribution in [3.63, 3.8) is 0 Å². The van der Waals surface area contributed by atoms with E-state index >= 15 is 0 Å². The van der Waals surface area contributed by atoms with Crippen molar-refractivity contribution in [1.29, 1.82) is 0 Å². The molecule has 0 aromatic carbocycles. The van der Waals surface area contributed by atoms with E-state index in [4.69, 9.17) is 0 Å². The summed E-state index contributed by atoms with van der Waals surface area (Å²) >= 11 is 2.15. The van der Waals surface area contributed by atoms with Crippen LogP contribution in [0.3, 0.4) is 0 Å². The van der Waals surface area contributed by atoms with E-state index in [1.54, 1.807) is 0 Å². The van der Waals surface area contributed by atoms with Gasteiger partial charge in [-0.25, -0.2) is 0 Å². The third-order valence-corrected chi connectivity index (χ3v) is 4.48. The summed E-state index contributed by atoms with van der Waals surface area (Å²) in [6, 6.07) is 8.35. The molecule has 4 aromatic rings. The fourth-order valence-corrected chi connectivity index (χ4v) is 2.97. The maximum Gasteiger partial charge on any atom is 1.00 e. The zero-order valence-electron chi connectivity index (χ0n) is 28.1. The Labute approximate surface area is 289 Å². The van der Waals surface area contributed by atoms with E-state index in [-0.39, 0.29) is 48.7 Å². The molecule has 0 aliphatic heterocycles. The predicted octanol–water partition coefficient (Wildman–Crippen LogP) is 7.88. The minimum atomic E-state index is 0. The van der Waals surface area contributed by atoms with Crippen molar-refractivity contribution in [3.8, 4) is 0 Å². The number of aryl methyl sites for hydroxylation is 2. The van der Waals surface area contributed by atoms with Crippen LogP contribution in [0.5, 0.6) is 0 Å². The first kappa shape index (κ1) is 51.4. The van der Waals surface area contributed by atoms with Crippen LogP contribution in [0.4, 0.5) is 0 Å². The van der Waals surface area contributed by atoms with Gasteiger partial charge < -0.3 is 11.9 Å². The molecule has 0 aliphatic carbocycles. The predicted molar refractivity (Wildman–Crippen MR) is 198 cm³/mol. The van der Waals surface area contributed by atoms with Crippen molar-refractivity contribution >= 4 is 44.7 Å². The summed E-state index contributed by atoms with van der Waals surface area (Å²) in [7, 11) is 2.07. The number of halogens is 1. The summed E-state index contributed by atoms with van der Waals surface area (Å²) in [5, 5.41) is 2.16. The SMILES string of the molecule is C.C.CC.CC.CC.CC.CCN(C)n1ccc2ncc(C)cc21.CCNn1ccc2ncc(C)cc21.CI.[2HH].[2HH].[H-].[Na+]. The number of nitrogens with one attached hydrogen (secondary N) is 1. The summed E-state index contributed by atoms with van der Waals surface area (Å²) in [6.45, 7) is 26.2. The largest absolute Gasteiger partial charge is 1.00 e. The Morgan fingerprint density at radius 2 is 1.20 bits per heavy atom. The Balaban J connectivity index is -0.0000000537. The molecule has 0 aliphatic rings. The van der Waals surface area contributed by atoms with Crippen molar-refractivity contribution in [3.05, 3.63) is 60.2 Å². The van der Waals surface area contributed by atoms with Crippen LogP contribution in [-0.4, -0.2) is 44.4 Å². The van der Waals surface area contributed by atoms with Crippen molar-refractivity contribution < 1.29 is 33.8 Å². The average molecular weight is 689 g/mol. The second kappa shape index (κ2) is 33.9. The van der Waals surface area contributed by atoms with Crippen LogP contribution >= 0.6 is 22.6 Å². The molecule has 6 nitrogen and oxygen atoms in total. The zero-order chi connectivity index (χ0) is 29.4. The first-order valence-corrected chi connectivity index (χ1v) is 15.9. The molecule has 40 heavy (non-hydrogen) atoms. The number of rotatable bonds is 4. The van der Waals surface area contributed by atoms with E-state index < -0.39 is 0 Å². The fraction of sp³-hybridized carbons (Fsp3) is 0.562. The molecule has 0 amide bonds. The molecule has 0 fully saturated rings. The molecule has 0 spiro atoms. The molecule has 0 saturated heterocycles. The van der Waals surface area contributed by atoms with Crippen LogP contribution < -0.4 is 40.0 Å². The van der Waals surface area contributed by atoms with E-state index in [1.165, 1.54) is 16.6 Å². The minimum Gasteiger partial charge on any atom is -1.00 e. The van der Waals surface area contributed by atoms with Gasteiger partial charge in [0.2, 0.25) is 0 Å². The molecule has 8 heteroatoms. The Hall–Kier alpha value is -1.29. The molecule has 4 aromatic heterocycles. The third-order valence-electron chi connectivity index (χ3n) is 4.48. The van der Waals surface area contributed by atoms with Crippen LogP contribution in [-0.2, 0) is 0 Å². The monoisotopic (exact) mass is 688 g/mol. The standard InChI is InChI=1S/C11H15N3.C10H13N3.4C2H6.CH3I.2CH4.Na.2H2.H/c1-4-13(3)14-6-5-10-11(14)7-9(2)8-12-10;1-3-12-13-5-4-9-10(13)6-8(2)7-11-9;5*1-2;;;;;;/h5-8H,4H2,1-3H3;4-7,12H,3H2,1-2H3;4*1-2H3;1H3;2*1H4;;2*1H;/q;;;;;;;;;+1;;;-1/i;;;;;;;;;;2*1+1;. The molecule has 0 atom stereocenters. The number of pyridine rings is 2. The topological polar surface area (TPSA) is 50.9 Å². The van der Waals surface area contributed by atoms with Crippen LogP contribution in [0.1, 0.15) is 99.5 Å². The average Bonchev–Trinajstić information content (AvgIpc) is 3.58. The number of hydrogen-bond acceptors (Lipinski definition) is 4. The number of hydrogen-bond donors (Lipinski definition) is 1. The van der Waals surface area contributed by atoms with Gasteiger partial charge in [0.05, 0.1) is 22.1 Å². The second-order valence-electron chi connectivity index (χ2n) is 6.67. The molecule has 4 heterocycles. The van der Waals surface area contributed by atoms with Crippen molar-refractivity contribution in [2.24, 2.45) is 0 Å². The minimum absolute atomic E-state index is 0. The fourth-order valence-electron chi connectivity index (χ4n) is 2.97. The molecule has 0 saturated carbocycles. The van der Waals surface area contributed by atoms with Gasteiger partial charge >= 0.3 is 29.6 Å². The molecular weight excluding hydrogens is 618 g/mol. The normalized spacial score (nSPS) is 7.97. The summed E-state index contributed by atoms with van der Waals surface area (Å²) in [4.78, 5) is 10.7. The Bertz CT molecular complexity index is 1060. The molecular formula is C32H68IN6Na. The quantitative estimate of drug-likeness (QED) is 0.135. The summed E-state index contributed by atoms with van der Waals surface area (Å²) in [6.07, 6.45) is 7.85. The third kappa shape index (κ3) is 17.5. The van der Waals surface area contributed by atoms with Crippen molar-refractivity contribution in [2.75, 3.05) is 35.5 Å². The Morgan fingerprint density at radius 3 is 1.62 bits per heavy atom. The van der Waals surface area contributed by atoms with Gasteiger partial charge in [0.15, 0.2) is 0 Å². The van der Waals surface area contributed by atoms with Gasteiger partial charge in [-0.05, 0) is 68.0 Å². The van der Waals surface area contributed by atoms with Crippen LogP contribution in [0.2, 0.25) is 0 Å². The number of alkyl halides is 1. The molecule has 0 bridgehead atoms. The van der Waals surface area contributed by atoms with Crippen LogP contribution in [0.25, 0.3) is 22.1 Å². The Morgan fingerprint density at radius 1 is 0.800 bits per heavy atom. The first-order valence-electron chi connectivity index (χ1n) is 13.7. The van der Waals surface area contributed by atoms with Gasteiger partial charge in [-0.2, -0.15) is 0 Å². The maximum atomic E-state index is 4.37. The van der Waals surface area contributed by atoms with Crippen molar-refractivity contribution in [1.82, 2.24) is 19.3 Å². The molecule has 234 valence electrons. The Kier molecular flexibility index (Phi) is 43.6. The maximum absolute atomic E-state index is 4.37. The van der Waals surface area contributed by atoms with Gasteiger partial charge in [0.1, 0.15) is 0 Å². The zero-order valence-corrected chi connectivity index (χ0v) is 31.3. The molecule has 0 radical (unpaired) electrons. The number of fused-ring (bicyclic) bond motifs is 2. The van der Waals surface area contributed by atoms with Gasteiger partial charge in [-0.1, -0.05) is 92.8 Å². The number of nitrogens with zero attached hydrogens (tertiary/aromatic N) is 5. The van der Waals surface area contributed by atoms with E-state index in [0.29, 0.717) is 0 Å². The van der Waals surface area contributed by atoms with E-state index in [1.807, 2.05) is 95.7 Å². The second-order valence-corrected chi connectivity index (χ2v) is 6.67.